The molecule has 0 bridgehead atoms. The van der Waals surface area contributed by atoms with Crippen molar-refractivity contribution in [2.24, 2.45) is 0 Å². The molecule has 0 unspecified atom stereocenters. The molecule has 0 radical (unpaired) electrons. The maximum absolute atomic E-state index is 13.6. The third kappa shape index (κ3) is 4.21. The molecule has 0 N–H and O–H groups in total. The largest absolute Gasteiger partial charge is 0.309 e. The van der Waals surface area contributed by atoms with E-state index in [1.165, 1.54) is 0 Å². The summed E-state index contributed by atoms with van der Waals surface area (Å²) in [5.41, 5.74) is 0.762. The first kappa shape index (κ1) is 13.1. The van der Waals surface area contributed by atoms with Crippen molar-refractivity contribution in [3.05, 3.63) is 32.5 Å². The molecule has 0 aliphatic rings. The van der Waals surface area contributed by atoms with Crippen LogP contribution in [0.4, 0.5) is 4.39 Å². The van der Waals surface area contributed by atoms with Crippen LogP contribution in [0.3, 0.4) is 0 Å². The predicted molar refractivity (Wildman–Crippen MR) is 68.7 cm³/mol. The molecule has 0 saturated heterocycles. The van der Waals surface area contributed by atoms with Gasteiger partial charge in [0.2, 0.25) is 0 Å². The molecule has 15 heavy (non-hydrogen) atoms. The number of aryl methyl sites for hydroxylation is 1. The summed E-state index contributed by atoms with van der Waals surface area (Å²) in [4.78, 5) is 2.10. The Morgan fingerprint density at radius 3 is 2.53 bits per heavy atom. The lowest BCUT2D eigenvalue weighted by atomic mass is 10.1. The van der Waals surface area contributed by atoms with Crippen molar-refractivity contribution in [3.63, 3.8) is 0 Å². The van der Waals surface area contributed by atoms with Gasteiger partial charge in [-0.05, 0) is 67.1 Å². The molecule has 0 heterocycles. The van der Waals surface area contributed by atoms with E-state index in [0.29, 0.717) is 4.47 Å². The Hall–Kier alpha value is 0.0700. The van der Waals surface area contributed by atoms with Gasteiger partial charge in [0.25, 0.3) is 0 Å². The maximum atomic E-state index is 13.6. The van der Waals surface area contributed by atoms with E-state index in [1.54, 1.807) is 6.07 Å². The zero-order chi connectivity index (χ0) is 11.4. The van der Waals surface area contributed by atoms with Crippen molar-refractivity contribution < 1.29 is 4.39 Å². The Labute approximate surface area is 107 Å². The number of benzene rings is 1. The van der Waals surface area contributed by atoms with Crippen LogP contribution in [0.25, 0.3) is 0 Å². The molecule has 1 aromatic carbocycles. The van der Waals surface area contributed by atoms with Crippen molar-refractivity contribution in [3.8, 4) is 0 Å². The molecule has 4 heteroatoms. The molecular weight excluding hydrogens is 325 g/mol. The Morgan fingerprint density at radius 2 is 1.93 bits per heavy atom. The number of hydrogen-bond acceptors (Lipinski definition) is 1. The van der Waals surface area contributed by atoms with Gasteiger partial charge >= 0.3 is 0 Å². The summed E-state index contributed by atoms with van der Waals surface area (Å²) in [6, 6.07) is 3.57. The number of hydrogen-bond donors (Lipinski definition) is 0. The van der Waals surface area contributed by atoms with Crippen LogP contribution < -0.4 is 0 Å². The zero-order valence-corrected chi connectivity index (χ0v) is 12.0. The van der Waals surface area contributed by atoms with E-state index in [0.717, 1.165) is 29.4 Å². The van der Waals surface area contributed by atoms with Gasteiger partial charge in [0.15, 0.2) is 0 Å². The van der Waals surface area contributed by atoms with E-state index in [1.807, 2.05) is 20.2 Å². The molecule has 0 spiro atoms. The predicted octanol–water partition coefficient (Wildman–Crippen LogP) is 3.84. The van der Waals surface area contributed by atoms with Gasteiger partial charge in [-0.25, -0.2) is 4.39 Å². The van der Waals surface area contributed by atoms with Gasteiger partial charge in [0.05, 0.1) is 4.47 Å². The van der Waals surface area contributed by atoms with E-state index < -0.39 is 0 Å². The summed E-state index contributed by atoms with van der Waals surface area (Å²) in [6.07, 6.45) is 1.73. The lowest BCUT2D eigenvalue weighted by Crippen LogP contribution is -2.13. The highest BCUT2D eigenvalue weighted by molar-refractivity contribution is 9.11. The van der Waals surface area contributed by atoms with Crippen LogP contribution in [-0.4, -0.2) is 25.5 Å². The van der Waals surface area contributed by atoms with Crippen molar-refractivity contribution in [2.45, 2.75) is 12.8 Å². The van der Waals surface area contributed by atoms with E-state index >= 15 is 0 Å². The number of halogens is 3. The topological polar surface area (TPSA) is 3.24 Å². The second kappa shape index (κ2) is 5.97. The molecular formula is C11H14Br2FN. The summed E-state index contributed by atoms with van der Waals surface area (Å²) in [6.45, 7) is 0.976. The van der Waals surface area contributed by atoms with Crippen molar-refractivity contribution in [1.29, 1.82) is 0 Å². The van der Waals surface area contributed by atoms with E-state index in [9.17, 15) is 4.39 Å². The summed E-state index contributed by atoms with van der Waals surface area (Å²) in [7, 11) is 4.04. The van der Waals surface area contributed by atoms with E-state index in [4.69, 9.17) is 0 Å². The first-order chi connectivity index (χ1) is 7.00. The first-order valence-electron chi connectivity index (χ1n) is 4.79. The van der Waals surface area contributed by atoms with Gasteiger partial charge in [-0.1, -0.05) is 15.9 Å². The van der Waals surface area contributed by atoms with Gasteiger partial charge in [0.1, 0.15) is 5.82 Å². The molecule has 84 valence electrons. The molecule has 0 atom stereocenters. The lowest BCUT2D eigenvalue weighted by molar-refractivity contribution is 0.399. The smallest absolute Gasteiger partial charge is 0.140 e. The van der Waals surface area contributed by atoms with E-state index in [-0.39, 0.29) is 5.82 Å². The Bertz CT molecular complexity index is 340. The Kier molecular flexibility index (Phi) is 5.23. The highest BCUT2D eigenvalue weighted by Gasteiger charge is 2.07. The fourth-order valence-corrected chi connectivity index (χ4v) is 2.69. The highest BCUT2D eigenvalue weighted by Crippen LogP contribution is 2.25. The molecule has 0 fully saturated rings. The zero-order valence-electron chi connectivity index (χ0n) is 8.86. The fourth-order valence-electron chi connectivity index (χ4n) is 1.38. The first-order valence-corrected chi connectivity index (χ1v) is 6.37. The third-order valence-electron chi connectivity index (χ3n) is 2.12. The molecule has 1 aromatic rings. The summed E-state index contributed by atoms with van der Waals surface area (Å²) in [5, 5.41) is 0. The minimum Gasteiger partial charge on any atom is -0.309 e. The third-order valence-corrected chi connectivity index (χ3v) is 3.15. The summed E-state index contributed by atoms with van der Waals surface area (Å²) in [5.74, 6) is -0.142. The minimum absolute atomic E-state index is 0.142. The summed E-state index contributed by atoms with van der Waals surface area (Å²) < 4.78 is 15.1. The SMILES string of the molecule is CN(C)CCCc1cc(Br)cc(Br)c1F. The van der Waals surface area contributed by atoms with Crippen LogP contribution in [0.1, 0.15) is 12.0 Å². The van der Waals surface area contributed by atoms with Crippen LogP contribution in [0, 0.1) is 5.82 Å². The van der Waals surface area contributed by atoms with Crippen LogP contribution in [0.15, 0.2) is 21.1 Å². The average Bonchev–Trinajstić information content (AvgIpc) is 2.12. The standard InChI is InChI=1S/C11H14Br2FN/c1-15(2)5-3-4-8-6-9(12)7-10(13)11(8)14/h6-7H,3-5H2,1-2H3. The van der Waals surface area contributed by atoms with Crippen LogP contribution >= 0.6 is 31.9 Å². The average molecular weight is 339 g/mol. The lowest BCUT2D eigenvalue weighted by Gasteiger charge is -2.10. The Balaban J connectivity index is 2.68. The molecule has 0 amide bonds. The molecule has 0 saturated carbocycles. The van der Waals surface area contributed by atoms with Gasteiger partial charge in [-0.2, -0.15) is 0 Å². The Morgan fingerprint density at radius 1 is 1.27 bits per heavy atom. The van der Waals surface area contributed by atoms with Gasteiger partial charge in [-0.3, -0.25) is 0 Å². The summed E-state index contributed by atoms with van der Waals surface area (Å²) >= 11 is 6.56. The molecule has 0 aliphatic heterocycles. The second-order valence-corrected chi connectivity index (χ2v) is 5.54. The van der Waals surface area contributed by atoms with Crippen molar-refractivity contribution >= 4 is 31.9 Å². The van der Waals surface area contributed by atoms with E-state index in [2.05, 4.69) is 36.8 Å². The quantitative estimate of drug-likeness (QED) is 0.754. The molecule has 1 nitrogen and oxygen atoms in total. The normalized spacial score (nSPS) is 11.1. The van der Waals surface area contributed by atoms with Crippen LogP contribution in [0.5, 0.6) is 0 Å². The number of rotatable bonds is 4. The molecule has 1 rings (SSSR count). The van der Waals surface area contributed by atoms with Gasteiger partial charge < -0.3 is 4.90 Å². The van der Waals surface area contributed by atoms with Gasteiger partial charge in [0, 0.05) is 4.47 Å². The van der Waals surface area contributed by atoms with Crippen LogP contribution in [-0.2, 0) is 6.42 Å². The highest BCUT2D eigenvalue weighted by atomic mass is 79.9. The van der Waals surface area contributed by atoms with Crippen molar-refractivity contribution in [1.82, 2.24) is 4.90 Å². The van der Waals surface area contributed by atoms with Crippen LogP contribution in [0.2, 0.25) is 0 Å². The number of nitrogens with zero attached hydrogens (tertiary/aromatic N) is 1. The van der Waals surface area contributed by atoms with Gasteiger partial charge in [-0.15, -0.1) is 0 Å². The van der Waals surface area contributed by atoms with Crippen molar-refractivity contribution in [2.75, 3.05) is 20.6 Å². The second-order valence-electron chi connectivity index (χ2n) is 3.77. The molecule has 0 aromatic heterocycles. The monoisotopic (exact) mass is 337 g/mol. The fraction of sp³-hybridized carbons (Fsp3) is 0.455. The maximum Gasteiger partial charge on any atom is 0.140 e. The molecule has 0 aliphatic carbocycles. The minimum atomic E-state index is -0.142.